The van der Waals surface area contributed by atoms with E-state index in [0.29, 0.717) is 38.7 Å². The summed E-state index contributed by atoms with van der Waals surface area (Å²) in [5.41, 5.74) is 2.79. The molecular weight excluding hydrogens is 332 g/mol. The van der Waals surface area contributed by atoms with Crippen LogP contribution in [0, 0.1) is 6.92 Å². The molecule has 1 saturated heterocycles. The van der Waals surface area contributed by atoms with Gasteiger partial charge in [-0.15, -0.1) is 0 Å². The number of carbonyl (C=O) groups excluding carboxylic acids is 1. The average Bonchev–Trinajstić information content (AvgIpc) is 3.31. The van der Waals surface area contributed by atoms with E-state index in [-0.39, 0.29) is 11.3 Å². The summed E-state index contributed by atoms with van der Waals surface area (Å²) in [6.45, 7) is 6.99. The minimum Gasteiger partial charge on any atom is -0.467 e. The maximum atomic E-state index is 12.1. The van der Waals surface area contributed by atoms with Crippen LogP contribution in [0.15, 0.2) is 22.8 Å². The van der Waals surface area contributed by atoms with Crippen molar-refractivity contribution in [2.75, 3.05) is 25.0 Å². The number of amides is 1. The summed E-state index contributed by atoms with van der Waals surface area (Å²) in [5.74, 6) is 1.62. The fourth-order valence-corrected chi connectivity index (χ4v) is 3.90. The quantitative estimate of drug-likeness (QED) is 0.906. The summed E-state index contributed by atoms with van der Waals surface area (Å²) in [7, 11) is 0. The first-order valence-electron chi connectivity index (χ1n) is 9.11. The molecule has 0 radical (unpaired) electrons. The van der Waals surface area contributed by atoms with Crippen LogP contribution in [-0.2, 0) is 28.1 Å². The Hall–Kier alpha value is -2.41. The van der Waals surface area contributed by atoms with Gasteiger partial charge in [-0.1, -0.05) is 6.92 Å². The van der Waals surface area contributed by atoms with E-state index in [1.807, 2.05) is 30.9 Å². The topological polar surface area (TPSA) is 80.5 Å². The van der Waals surface area contributed by atoms with Crippen LogP contribution in [0.3, 0.4) is 0 Å². The molecule has 2 aromatic rings. The molecule has 1 amide bonds. The third kappa shape index (κ3) is 2.96. The van der Waals surface area contributed by atoms with Gasteiger partial charge in [0.1, 0.15) is 5.76 Å². The lowest BCUT2D eigenvalue weighted by Crippen LogP contribution is -2.42. The highest BCUT2D eigenvalue weighted by Gasteiger charge is 2.46. The van der Waals surface area contributed by atoms with Crippen LogP contribution in [0.5, 0.6) is 0 Å². The Morgan fingerprint density at radius 3 is 3.08 bits per heavy atom. The molecule has 0 aromatic carbocycles. The molecule has 7 heteroatoms. The number of hydrogen-bond acceptors (Lipinski definition) is 6. The molecule has 0 aliphatic carbocycles. The molecule has 26 heavy (non-hydrogen) atoms. The summed E-state index contributed by atoms with van der Waals surface area (Å²) in [6.07, 6.45) is 3.06. The standard InChI is InChI=1S/C19H24N4O3/c1-3-16(24)23-7-6-19(11-23)12-25-10-15-13(2)21-18(22-17(15)19)20-9-14-5-4-8-26-14/h4-5,8H,3,6-7,9-12H2,1-2H3,(H,20,21,22). The largest absolute Gasteiger partial charge is 0.467 e. The SMILES string of the molecule is CCC(=O)N1CCC2(COCc3c(C)nc(NCc4ccco4)nc32)C1. The molecule has 4 heterocycles. The van der Waals surface area contributed by atoms with Crippen molar-refractivity contribution in [2.24, 2.45) is 0 Å². The van der Waals surface area contributed by atoms with Gasteiger partial charge in [0.25, 0.3) is 0 Å². The van der Waals surface area contributed by atoms with Crippen LogP contribution in [0.25, 0.3) is 0 Å². The molecular formula is C19H24N4O3. The minimum atomic E-state index is -0.229. The Balaban J connectivity index is 1.63. The van der Waals surface area contributed by atoms with E-state index >= 15 is 0 Å². The van der Waals surface area contributed by atoms with Gasteiger partial charge >= 0.3 is 0 Å². The zero-order valence-corrected chi connectivity index (χ0v) is 15.2. The van der Waals surface area contributed by atoms with Gasteiger partial charge in [-0.2, -0.15) is 0 Å². The normalized spacial score (nSPS) is 21.8. The monoisotopic (exact) mass is 356 g/mol. The maximum absolute atomic E-state index is 12.1. The smallest absolute Gasteiger partial charge is 0.223 e. The number of nitrogens with zero attached hydrogens (tertiary/aromatic N) is 3. The molecule has 0 bridgehead atoms. The van der Waals surface area contributed by atoms with Crippen LogP contribution in [0.1, 0.15) is 42.5 Å². The number of anilines is 1. The van der Waals surface area contributed by atoms with E-state index in [0.717, 1.165) is 35.7 Å². The Morgan fingerprint density at radius 1 is 1.42 bits per heavy atom. The molecule has 2 aromatic heterocycles. The van der Waals surface area contributed by atoms with E-state index in [1.165, 1.54) is 0 Å². The fraction of sp³-hybridized carbons (Fsp3) is 0.526. The Bertz CT molecular complexity index is 805. The Morgan fingerprint density at radius 2 is 2.31 bits per heavy atom. The predicted molar refractivity (Wildman–Crippen MR) is 95.6 cm³/mol. The number of likely N-dealkylation sites (tertiary alicyclic amines) is 1. The van der Waals surface area contributed by atoms with Crippen LogP contribution >= 0.6 is 0 Å². The van der Waals surface area contributed by atoms with Crippen LogP contribution < -0.4 is 5.32 Å². The van der Waals surface area contributed by atoms with E-state index in [9.17, 15) is 4.79 Å². The highest BCUT2D eigenvalue weighted by Crippen LogP contribution is 2.40. The third-order valence-electron chi connectivity index (χ3n) is 5.35. The van der Waals surface area contributed by atoms with E-state index in [4.69, 9.17) is 14.1 Å². The van der Waals surface area contributed by atoms with E-state index < -0.39 is 0 Å². The molecule has 4 rings (SSSR count). The summed E-state index contributed by atoms with van der Waals surface area (Å²) in [5, 5.41) is 3.25. The van der Waals surface area contributed by atoms with Crippen molar-refractivity contribution in [1.29, 1.82) is 0 Å². The van der Waals surface area contributed by atoms with Crippen molar-refractivity contribution in [3.63, 3.8) is 0 Å². The first-order valence-corrected chi connectivity index (χ1v) is 9.11. The molecule has 2 aliphatic heterocycles. The lowest BCUT2D eigenvalue weighted by atomic mass is 9.80. The first kappa shape index (κ1) is 17.0. The highest BCUT2D eigenvalue weighted by molar-refractivity contribution is 5.76. The van der Waals surface area contributed by atoms with Gasteiger partial charge in [-0.25, -0.2) is 9.97 Å². The van der Waals surface area contributed by atoms with Gasteiger partial charge in [-0.05, 0) is 25.5 Å². The predicted octanol–water partition coefficient (Wildman–Crippen LogP) is 2.40. The molecule has 1 fully saturated rings. The van der Waals surface area contributed by atoms with Gasteiger partial charge < -0.3 is 19.4 Å². The van der Waals surface area contributed by atoms with Crippen molar-refractivity contribution < 1.29 is 13.9 Å². The molecule has 1 atom stereocenters. The zero-order valence-electron chi connectivity index (χ0n) is 15.2. The molecule has 0 saturated carbocycles. The number of fused-ring (bicyclic) bond motifs is 2. The number of aryl methyl sites for hydroxylation is 1. The molecule has 1 N–H and O–H groups in total. The number of hydrogen-bond donors (Lipinski definition) is 1. The summed E-state index contributed by atoms with van der Waals surface area (Å²) in [6, 6.07) is 3.78. The van der Waals surface area contributed by atoms with Crippen LogP contribution in [0.4, 0.5) is 5.95 Å². The van der Waals surface area contributed by atoms with Crippen molar-refractivity contribution >= 4 is 11.9 Å². The van der Waals surface area contributed by atoms with Crippen LogP contribution in [0.2, 0.25) is 0 Å². The highest BCUT2D eigenvalue weighted by atomic mass is 16.5. The second-order valence-electron chi connectivity index (χ2n) is 7.08. The van der Waals surface area contributed by atoms with Crippen molar-refractivity contribution in [1.82, 2.24) is 14.9 Å². The van der Waals surface area contributed by atoms with Crippen molar-refractivity contribution in [3.05, 3.63) is 41.1 Å². The first-order chi connectivity index (χ1) is 12.6. The van der Waals surface area contributed by atoms with E-state index in [2.05, 4.69) is 10.3 Å². The van der Waals surface area contributed by atoms with Gasteiger partial charge in [0.15, 0.2) is 0 Å². The molecule has 7 nitrogen and oxygen atoms in total. The van der Waals surface area contributed by atoms with Crippen molar-refractivity contribution in [2.45, 2.75) is 45.3 Å². The number of carbonyl (C=O) groups is 1. The number of furan rings is 1. The molecule has 138 valence electrons. The van der Waals surface area contributed by atoms with Gasteiger partial charge in [0.05, 0.1) is 37.1 Å². The van der Waals surface area contributed by atoms with Gasteiger partial charge in [0.2, 0.25) is 11.9 Å². The number of ether oxygens (including phenoxy) is 1. The number of nitrogens with one attached hydrogen (secondary N) is 1. The minimum absolute atomic E-state index is 0.191. The Labute approximate surface area is 152 Å². The lowest BCUT2D eigenvalue weighted by molar-refractivity contribution is -0.130. The van der Waals surface area contributed by atoms with E-state index in [1.54, 1.807) is 6.26 Å². The second kappa shape index (κ2) is 6.72. The van der Waals surface area contributed by atoms with Crippen LogP contribution in [-0.4, -0.2) is 40.5 Å². The average molecular weight is 356 g/mol. The summed E-state index contributed by atoms with van der Waals surface area (Å²) < 4.78 is 11.2. The van der Waals surface area contributed by atoms with Gasteiger partial charge in [0, 0.05) is 30.8 Å². The zero-order chi connectivity index (χ0) is 18.1. The lowest BCUT2D eigenvalue weighted by Gasteiger charge is -2.35. The summed E-state index contributed by atoms with van der Waals surface area (Å²) >= 11 is 0. The summed E-state index contributed by atoms with van der Waals surface area (Å²) in [4.78, 5) is 23.5. The molecule has 1 spiro atoms. The second-order valence-corrected chi connectivity index (χ2v) is 7.08. The fourth-order valence-electron chi connectivity index (χ4n) is 3.90. The number of rotatable bonds is 4. The third-order valence-corrected chi connectivity index (χ3v) is 5.35. The Kier molecular flexibility index (Phi) is 4.40. The maximum Gasteiger partial charge on any atom is 0.223 e. The molecule has 2 aliphatic rings. The number of aromatic nitrogens is 2. The molecule has 1 unspecified atom stereocenters. The van der Waals surface area contributed by atoms with Crippen molar-refractivity contribution in [3.8, 4) is 0 Å². The van der Waals surface area contributed by atoms with Gasteiger partial charge in [-0.3, -0.25) is 4.79 Å².